The molecule has 1 heterocycles. The van der Waals surface area contributed by atoms with Gasteiger partial charge >= 0.3 is 0 Å². The van der Waals surface area contributed by atoms with E-state index in [0.717, 1.165) is 5.69 Å². The van der Waals surface area contributed by atoms with Gasteiger partial charge in [-0.05, 0) is 49.4 Å². The molecule has 5 heteroatoms. The zero-order chi connectivity index (χ0) is 14.3. The number of rotatable bonds is 1. The number of fused-ring (bicyclic) bond motifs is 1. The SMILES string of the molecule is Cc1nc2ccc(N)cc2c(=O)n1-c1ccc(Cl)cc1. The number of anilines is 1. The largest absolute Gasteiger partial charge is 0.399 e. The first-order valence-electron chi connectivity index (χ1n) is 6.11. The molecule has 2 N–H and O–H groups in total. The van der Waals surface area contributed by atoms with Gasteiger partial charge in [0.1, 0.15) is 5.82 Å². The van der Waals surface area contributed by atoms with Crippen LogP contribution in [0.5, 0.6) is 0 Å². The van der Waals surface area contributed by atoms with Gasteiger partial charge in [0.2, 0.25) is 0 Å². The van der Waals surface area contributed by atoms with Crippen LogP contribution in [0.4, 0.5) is 5.69 Å². The summed E-state index contributed by atoms with van der Waals surface area (Å²) < 4.78 is 1.55. The van der Waals surface area contributed by atoms with Gasteiger partial charge in [0, 0.05) is 10.7 Å². The standard InChI is InChI=1S/C15H12ClN3O/c1-9-18-14-7-4-11(17)8-13(14)15(20)19(9)12-5-2-10(16)3-6-12/h2-8H,17H2,1H3. The summed E-state index contributed by atoms with van der Waals surface area (Å²) in [6.45, 7) is 1.80. The molecule has 0 aliphatic heterocycles. The van der Waals surface area contributed by atoms with Crippen molar-refractivity contribution in [1.82, 2.24) is 9.55 Å². The number of benzene rings is 2. The third-order valence-corrected chi connectivity index (χ3v) is 3.40. The first-order chi connectivity index (χ1) is 9.56. The summed E-state index contributed by atoms with van der Waals surface area (Å²) in [6.07, 6.45) is 0. The Hall–Kier alpha value is -2.33. The molecule has 1 aromatic heterocycles. The topological polar surface area (TPSA) is 60.9 Å². The maximum absolute atomic E-state index is 12.6. The second kappa shape index (κ2) is 4.65. The molecule has 0 bridgehead atoms. The van der Waals surface area contributed by atoms with Crippen LogP contribution in [0.25, 0.3) is 16.6 Å². The van der Waals surface area contributed by atoms with Crippen LogP contribution in [0, 0.1) is 6.92 Å². The highest BCUT2D eigenvalue weighted by Crippen LogP contribution is 2.16. The van der Waals surface area contributed by atoms with E-state index in [9.17, 15) is 4.79 Å². The van der Waals surface area contributed by atoms with E-state index in [4.69, 9.17) is 17.3 Å². The van der Waals surface area contributed by atoms with Crippen molar-refractivity contribution in [3.63, 3.8) is 0 Å². The summed E-state index contributed by atoms with van der Waals surface area (Å²) in [7, 11) is 0. The van der Waals surface area contributed by atoms with E-state index in [1.54, 1.807) is 54.0 Å². The number of nitrogens with two attached hydrogens (primary N) is 1. The number of hydrogen-bond donors (Lipinski definition) is 1. The second-order valence-corrected chi connectivity index (χ2v) is 4.99. The molecule has 0 aliphatic carbocycles. The summed E-state index contributed by atoms with van der Waals surface area (Å²) in [6, 6.07) is 12.2. The van der Waals surface area contributed by atoms with Gasteiger partial charge in [-0.1, -0.05) is 11.6 Å². The molecule has 0 radical (unpaired) electrons. The van der Waals surface area contributed by atoms with Crippen LogP contribution in [-0.4, -0.2) is 9.55 Å². The Labute approximate surface area is 120 Å². The highest BCUT2D eigenvalue weighted by atomic mass is 35.5. The summed E-state index contributed by atoms with van der Waals surface area (Å²) in [5, 5.41) is 1.13. The maximum atomic E-state index is 12.6. The minimum atomic E-state index is -0.137. The van der Waals surface area contributed by atoms with Gasteiger partial charge < -0.3 is 5.73 Å². The number of aromatic nitrogens is 2. The molecule has 0 atom stereocenters. The molecule has 0 unspecified atom stereocenters. The Morgan fingerprint density at radius 1 is 1.15 bits per heavy atom. The fourth-order valence-corrected chi connectivity index (χ4v) is 2.33. The van der Waals surface area contributed by atoms with Gasteiger partial charge in [-0.25, -0.2) is 4.98 Å². The fourth-order valence-electron chi connectivity index (χ4n) is 2.21. The predicted octanol–water partition coefficient (Wildman–Crippen LogP) is 2.93. The molecule has 0 fully saturated rings. The highest BCUT2D eigenvalue weighted by molar-refractivity contribution is 6.30. The molecule has 4 nitrogen and oxygen atoms in total. The number of aryl methyl sites for hydroxylation is 1. The van der Waals surface area contributed by atoms with E-state index < -0.39 is 0 Å². The van der Waals surface area contributed by atoms with Crippen molar-refractivity contribution in [3.05, 3.63) is 63.7 Å². The number of nitrogen functional groups attached to an aromatic ring is 1. The van der Waals surface area contributed by atoms with Gasteiger partial charge in [0.15, 0.2) is 0 Å². The van der Waals surface area contributed by atoms with Gasteiger partial charge in [0.05, 0.1) is 16.6 Å². The monoisotopic (exact) mass is 285 g/mol. The highest BCUT2D eigenvalue weighted by Gasteiger charge is 2.10. The first-order valence-corrected chi connectivity index (χ1v) is 6.49. The van der Waals surface area contributed by atoms with Crippen LogP contribution in [0.1, 0.15) is 5.82 Å². The third kappa shape index (κ3) is 2.04. The first kappa shape index (κ1) is 12.7. The van der Waals surface area contributed by atoms with Crippen molar-refractivity contribution in [1.29, 1.82) is 0 Å². The Kier molecular flexibility index (Phi) is 2.95. The number of halogens is 1. The minimum absolute atomic E-state index is 0.137. The van der Waals surface area contributed by atoms with Crippen molar-refractivity contribution < 1.29 is 0 Å². The number of nitrogens with zero attached hydrogens (tertiary/aromatic N) is 2. The van der Waals surface area contributed by atoms with E-state index >= 15 is 0 Å². The molecule has 0 amide bonds. The normalized spacial score (nSPS) is 10.9. The Bertz CT molecular complexity index is 853. The van der Waals surface area contributed by atoms with E-state index in [2.05, 4.69) is 4.98 Å². The van der Waals surface area contributed by atoms with E-state index in [0.29, 0.717) is 27.4 Å². The molecule has 20 heavy (non-hydrogen) atoms. The molecule has 2 aromatic carbocycles. The predicted molar refractivity (Wildman–Crippen MR) is 81.5 cm³/mol. The van der Waals surface area contributed by atoms with Crippen molar-refractivity contribution in [2.45, 2.75) is 6.92 Å². The van der Waals surface area contributed by atoms with Crippen LogP contribution in [-0.2, 0) is 0 Å². The molecular formula is C15H12ClN3O. The molecule has 0 aliphatic rings. The van der Waals surface area contributed by atoms with Gasteiger partial charge in [-0.3, -0.25) is 9.36 Å². The average molecular weight is 286 g/mol. The van der Waals surface area contributed by atoms with E-state index in [1.807, 2.05) is 0 Å². The maximum Gasteiger partial charge on any atom is 0.266 e. The van der Waals surface area contributed by atoms with Gasteiger partial charge in [-0.15, -0.1) is 0 Å². The number of hydrogen-bond acceptors (Lipinski definition) is 3. The molecule has 0 spiro atoms. The average Bonchev–Trinajstić information content (AvgIpc) is 2.42. The van der Waals surface area contributed by atoms with Crippen molar-refractivity contribution in [3.8, 4) is 5.69 Å². The Morgan fingerprint density at radius 2 is 1.85 bits per heavy atom. The summed E-state index contributed by atoms with van der Waals surface area (Å²) in [4.78, 5) is 17.1. The van der Waals surface area contributed by atoms with E-state index in [1.165, 1.54) is 0 Å². The molecule has 3 aromatic rings. The lowest BCUT2D eigenvalue weighted by atomic mass is 10.2. The van der Waals surface area contributed by atoms with Gasteiger partial charge in [-0.2, -0.15) is 0 Å². The molecule has 0 saturated heterocycles. The lowest BCUT2D eigenvalue weighted by molar-refractivity contribution is 0.895. The minimum Gasteiger partial charge on any atom is -0.399 e. The lowest BCUT2D eigenvalue weighted by Gasteiger charge is -2.11. The third-order valence-electron chi connectivity index (χ3n) is 3.14. The zero-order valence-corrected chi connectivity index (χ0v) is 11.6. The second-order valence-electron chi connectivity index (χ2n) is 4.55. The molecule has 100 valence electrons. The van der Waals surface area contributed by atoms with Crippen molar-refractivity contribution in [2.24, 2.45) is 0 Å². The fraction of sp³-hybridized carbons (Fsp3) is 0.0667. The molecule has 0 saturated carbocycles. The van der Waals surface area contributed by atoms with Crippen LogP contribution in [0.2, 0.25) is 5.02 Å². The van der Waals surface area contributed by atoms with Crippen molar-refractivity contribution in [2.75, 3.05) is 5.73 Å². The van der Waals surface area contributed by atoms with Crippen LogP contribution in [0.3, 0.4) is 0 Å². The van der Waals surface area contributed by atoms with Crippen LogP contribution < -0.4 is 11.3 Å². The van der Waals surface area contributed by atoms with Crippen molar-refractivity contribution >= 4 is 28.2 Å². The molecule has 3 rings (SSSR count). The lowest BCUT2D eigenvalue weighted by Crippen LogP contribution is -2.22. The smallest absolute Gasteiger partial charge is 0.266 e. The van der Waals surface area contributed by atoms with Crippen LogP contribution >= 0.6 is 11.6 Å². The van der Waals surface area contributed by atoms with Crippen LogP contribution in [0.15, 0.2) is 47.3 Å². The molecular weight excluding hydrogens is 274 g/mol. The summed E-state index contributed by atoms with van der Waals surface area (Å²) in [5.41, 5.74) is 7.53. The van der Waals surface area contributed by atoms with Gasteiger partial charge in [0.25, 0.3) is 5.56 Å². The Morgan fingerprint density at radius 3 is 2.55 bits per heavy atom. The quantitative estimate of drug-likeness (QED) is 0.699. The summed E-state index contributed by atoms with van der Waals surface area (Å²) in [5.74, 6) is 0.620. The summed E-state index contributed by atoms with van der Waals surface area (Å²) >= 11 is 5.88. The zero-order valence-electron chi connectivity index (χ0n) is 10.8. The Balaban J connectivity index is 2.36. The van der Waals surface area contributed by atoms with E-state index in [-0.39, 0.29) is 5.56 Å².